The van der Waals surface area contributed by atoms with Crippen molar-refractivity contribution >= 4 is 0 Å². The van der Waals surface area contributed by atoms with E-state index in [1.165, 1.54) is 0 Å². The Morgan fingerprint density at radius 3 is 2.80 bits per heavy atom. The van der Waals surface area contributed by atoms with Crippen molar-refractivity contribution in [2.24, 2.45) is 5.92 Å². The molecular formula is C14H26N4O2. The maximum atomic E-state index is 8.77. The number of ether oxygens (including phenoxy) is 1. The monoisotopic (exact) mass is 282 g/mol. The minimum absolute atomic E-state index is 0.110. The van der Waals surface area contributed by atoms with Gasteiger partial charge in [0, 0.05) is 19.6 Å². The van der Waals surface area contributed by atoms with Crippen LogP contribution in [0.1, 0.15) is 32.5 Å². The van der Waals surface area contributed by atoms with Crippen molar-refractivity contribution in [2.75, 3.05) is 26.3 Å². The molecule has 2 rings (SSSR count). The van der Waals surface area contributed by atoms with Gasteiger partial charge >= 0.3 is 0 Å². The molecule has 0 atom stereocenters. The lowest BCUT2D eigenvalue weighted by molar-refractivity contribution is -0.00959. The minimum atomic E-state index is 0.110. The molecule has 1 N–H and O–H groups in total. The average Bonchev–Trinajstić information content (AvgIpc) is 2.84. The highest BCUT2D eigenvalue weighted by atomic mass is 16.5. The van der Waals surface area contributed by atoms with Gasteiger partial charge in [-0.05, 0) is 18.8 Å². The SMILES string of the molecule is CC(C)Cn1ncnc1CN1CCC(OCCO)CC1. The summed E-state index contributed by atoms with van der Waals surface area (Å²) >= 11 is 0. The second-order valence-electron chi connectivity index (χ2n) is 5.82. The van der Waals surface area contributed by atoms with Gasteiger partial charge in [0.2, 0.25) is 0 Å². The van der Waals surface area contributed by atoms with E-state index in [1.807, 2.05) is 4.68 Å². The number of aliphatic hydroxyl groups is 1. The van der Waals surface area contributed by atoms with Gasteiger partial charge in [-0.25, -0.2) is 9.67 Å². The van der Waals surface area contributed by atoms with Gasteiger partial charge in [-0.3, -0.25) is 4.90 Å². The van der Waals surface area contributed by atoms with E-state index in [9.17, 15) is 0 Å². The molecule has 0 aliphatic carbocycles. The Hall–Kier alpha value is -0.980. The van der Waals surface area contributed by atoms with Crippen molar-refractivity contribution in [3.63, 3.8) is 0 Å². The predicted octanol–water partition coefficient (Wildman–Crippen LogP) is 0.907. The molecule has 2 heterocycles. The molecule has 0 saturated carbocycles. The van der Waals surface area contributed by atoms with Gasteiger partial charge in [-0.2, -0.15) is 5.10 Å². The highest BCUT2D eigenvalue weighted by molar-refractivity contribution is 4.86. The van der Waals surface area contributed by atoms with E-state index >= 15 is 0 Å². The number of aliphatic hydroxyl groups excluding tert-OH is 1. The summed E-state index contributed by atoms with van der Waals surface area (Å²) in [5, 5.41) is 13.1. The van der Waals surface area contributed by atoms with Crippen molar-refractivity contribution in [1.82, 2.24) is 19.7 Å². The molecule has 0 aromatic carbocycles. The fourth-order valence-electron chi connectivity index (χ4n) is 2.56. The molecule has 114 valence electrons. The molecule has 0 unspecified atom stereocenters. The average molecular weight is 282 g/mol. The third-order valence-electron chi connectivity index (χ3n) is 3.58. The summed E-state index contributed by atoms with van der Waals surface area (Å²) in [6, 6.07) is 0. The van der Waals surface area contributed by atoms with E-state index in [0.717, 1.165) is 44.8 Å². The van der Waals surface area contributed by atoms with Crippen molar-refractivity contribution < 1.29 is 9.84 Å². The summed E-state index contributed by atoms with van der Waals surface area (Å²) in [6.07, 6.45) is 4.00. The molecule has 0 radical (unpaired) electrons. The van der Waals surface area contributed by atoms with Gasteiger partial charge in [0.15, 0.2) is 0 Å². The number of nitrogens with zero attached hydrogens (tertiary/aromatic N) is 4. The Kier molecular flexibility index (Phi) is 5.94. The second-order valence-corrected chi connectivity index (χ2v) is 5.82. The van der Waals surface area contributed by atoms with Gasteiger partial charge in [0.05, 0.1) is 25.9 Å². The van der Waals surface area contributed by atoms with Crippen LogP contribution in [0, 0.1) is 5.92 Å². The first-order chi connectivity index (χ1) is 9.69. The fraction of sp³-hybridized carbons (Fsp3) is 0.857. The van der Waals surface area contributed by atoms with Crippen molar-refractivity contribution in [1.29, 1.82) is 0 Å². The summed E-state index contributed by atoms with van der Waals surface area (Å²) in [7, 11) is 0. The minimum Gasteiger partial charge on any atom is -0.394 e. The number of aromatic nitrogens is 3. The van der Waals surface area contributed by atoms with E-state index in [2.05, 4.69) is 28.8 Å². The molecule has 6 nitrogen and oxygen atoms in total. The van der Waals surface area contributed by atoms with Crippen molar-refractivity contribution in [2.45, 2.75) is 45.9 Å². The van der Waals surface area contributed by atoms with Crippen LogP contribution in [0.4, 0.5) is 0 Å². The van der Waals surface area contributed by atoms with Gasteiger partial charge in [-0.15, -0.1) is 0 Å². The van der Waals surface area contributed by atoms with E-state index in [0.29, 0.717) is 18.6 Å². The Balaban J connectivity index is 1.79. The maximum absolute atomic E-state index is 8.77. The third-order valence-corrected chi connectivity index (χ3v) is 3.58. The Morgan fingerprint density at radius 2 is 2.15 bits per heavy atom. The molecule has 6 heteroatoms. The molecule has 1 fully saturated rings. The van der Waals surface area contributed by atoms with Gasteiger partial charge in [0.25, 0.3) is 0 Å². The molecule has 1 aromatic heterocycles. The maximum Gasteiger partial charge on any atom is 0.141 e. The summed E-state index contributed by atoms with van der Waals surface area (Å²) in [5.41, 5.74) is 0. The van der Waals surface area contributed by atoms with Gasteiger partial charge < -0.3 is 9.84 Å². The molecule has 0 bridgehead atoms. The van der Waals surface area contributed by atoms with Crippen molar-refractivity contribution in [3.8, 4) is 0 Å². The van der Waals surface area contributed by atoms with Crippen LogP contribution in [0.25, 0.3) is 0 Å². The van der Waals surface area contributed by atoms with E-state index in [1.54, 1.807) is 6.33 Å². The lowest BCUT2D eigenvalue weighted by Gasteiger charge is -2.31. The summed E-state index contributed by atoms with van der Waals surface area (Å²) < 4.78 is 7.60. The summed E-state index contributed by atoms with van der Waals surface area (Å²) in [4.78, 5) is 6.78. The topological polar surface area (TPSA) is 63.4 Å². The number of hydrogen-bond acceptors (Lipinski definition) is 5. The molecule has 0 spiro atoms. The zero-order valence-corrected chi connectivity index (χ0v) is 12.5. The first kappa shape index (κ1) is 15.4. The number of piperidine rings is 1. The van der Waals surface area contributed by atoms with Crippen LogP contribution in [0.5, 0.6) is 0 Å². The molecule has 1 aliphatic heterocycles. The lowest BCUT2D eigenvalue weighted by atomic mass is 10.1. The van der Waals surface area contributed by atoms with Crippen LogP contribution in [-0.2, 0) is 17.8 Å². The number of rotatable bonds is 7. The number of hydrogen-bond donors (Lipinski definition) is 1. The molecule has 20 heavy (non-hydrogen) atoms. The Bertz CT molecular complexity index is 386. The van der Waals surface area contributed by atoms with Crippen LogP contribution >= 0.6 is 0 Å². The highest BCUT2D eigenvalue weighted by Gasteiger charge is 2.21. The van der Waals surface area contributed by atoms with Gasteiger partial charge in [-0.1, -0.05) is 13.8 Å². The van der Waals surface area contributed by atoms with Crippen LogP contribution in [0.2, 0.25) is 0 Å². The van der Waals surface area contributed by atoms with E-state index in [4.69, 9.17) is 9.84 Å². The predicted molar refractivity (Wildman–Crippen MR) is 76.2 cm³/mol. The van der Waals surface area contributed by atoms with Crippen LogP contribution in [-0.4, -0.2) is 57.2 Å². The quantitative estimate of drug-likeness (QED) is 0.805. The van der Waals surface area contributed by atoms with Crippen LogP contribution in [0.15, 0.2) is 6.33 Å². The Morgan fingerprint density at radius 1 is 1.40 bits per heavy atom. The second kappa shape index (κ2) is 7.71. The van der Waals surface area contributed by atoms with Crippen LogP contribution in [0.3, 0.4) is 0 Å². The first-order valence-corrected chi connectivity index (χ1v) is 7.50. The first-order valence-electron chi connectivity index (χ1n) is 7.50. The zero-order chi connectivity index (χ0) is 14.4. The standard InChI is InChI=1S/C14H26N4O2/c1-12(2)9-18-14(15-11-16-18)10-17-5-3-13(4-6-17)20-8-7-19/h11-13,19H,3-10H2,1-2H3. The summed E-state index contributed by atoms with van der Waals surface area (Å²) in [6.45, 7) is 8.76. The lowest BCUT2D eigenvalue weighted by Crippen LogP contribution is -2.37. The van der Waals surface area contributed by atoms with Crippen molar-refractivity contribution in [3.05, 3.63) is 12.2 Å². The molecule has 0 amide bonds. The molecule has 1 saturated heterocycles. The molecular weight excluding hydrogens is 256 g/mol. The zero-order valence-electron chi connectivity index (χ0n) is 12.5. The van der Waals surface area contributed by atoms with Gasteiger partial charge in [0.1, 0.15) is 12.2 Å². The van der Waals surface area contributed by atoms with E-state index in [-0.39, 0.29) is 6.61 Å². The molecule has 1 aliphatic rings. The largest absolute Gasteiger partial charge is 0.394 e. The van der Waals surface area contributed by atoms with E-state index < -0.39 is 0 Å². The normalized spacial score (nSPS) is 18.0. The fourth-order valence-corrected chi connectivity index (χ4v) is 2.56. The smallest absolute Gasteiger partial charge is 0.141 e. The Labute approximate surface area is 120 Å². The van der Waals surface area contributed by atoms with Crippen LogP contribution < -0.4 is 0 Å². The number of likely N-dealkylation sites (tertiary alicyclic amines) is 1. The highest BCUT2D eigenvalue weighted by Crippen LogP contribution is 2.15. The molecule has 1 aromatic rings. The summed E-state index contributed by atoms with van der Waals surface area (Å²) in [5.74, 6) is 1.63. The third kappa shape index (κ3) is 4.54.